The second kappa shape index (κ2) is 8.17. The van der Waals surface area contributed by atoms with Gasteiger partial charge in [-0.2, -0.15) is 11.8 Å². The number of aliphatic carboxylic acids is 1. The molecular weight excluding hydrogens is 186 g/mol. The maximum Gasteiger partial charge on any atom is 0.307 e. The quantitative estimate of drug-likeness (QED) is 0.644. The molecule has 0 saturated heterocycles. The predicted molar refractivity (Wildman–Crippen MR) is 50.4 cm³/mol. The van der Waals surface area contributed by atoms with Gasteiger partial charge < -0.3 is 10.8 Å². The minimum Gasteiger partial charge on any atom is -0.481 e. The van der Waals surface area contributed by atoms with Crippen molar-refractivity contribution >= 4 is 30.1 Å². The summed E-state index contributed by atoms with van der Waals surface area (Å²) in [5.41, 5.74) is 5.22. The number of rotatable bonds is 5. The Hall–Kier alpha value is 0.0700. The van der Waals surface area contributed by atoms with E-state index in [0.717, 1.165) is 5.75 Å². The zero-order valence-electron chi connectivity index (χ0n) is 6.45. The molecule has 0 bridgehead atoms. The van der Waals surface area contributed by atoms with Crippen molar-refractivity contribution in [3.63, 3.8) is 0 Å². The van der Waals surface area contributed by atoms with E-state index < -0.39 is 5.97 Å². The molecule has 0 amide bonds. The normalized spacial score (nSPS) is 11.8. The van der Waals surface area contributed by atoms with Gasteiger partial charge in [-0.25, -0.2) is 0 Å². The van der Waals surface area contributed by atoms with Crippen molar-refractivity contribution in [2.75, 3.05) is 18.1 Å². The summed E-state index contributed by atoms with van der Waals surface area (Å²) in [4.78, 5) is 10.2. The van der Waals surface area contributed by atoms with E-state index in [9.17, 15) is 4.79 Å². The van der Waals surface area contributed by atoms with Gasteiger partial charge in [0.1, 0.15) is 0 Å². The molecule has 0 rings (SSSR count). The molecule has 0 radical (unpaired) electrons. The lowest BCUT2D eigenvalue weighted by molar-refractivity contribution is -0.140. The fraction of sp³-hybridized carbons (Fsp3) is 0.833. The second-order valence-corrected chi connectivity index (χ2v) is 3.25. The molecule has 3 nitrogen and oxygen atoms in total. The van der Waals surface area contributed by atoms with Crippen LogP contribution in [0.5, 0.6) is 0 Å². The SMILES string of the molecule is CC(CSCCN)C(=O)O.Cl. The van der Waals surface area contributed by atoms with Gasteiger partial charge in [0.05, 0.1) is 5.92 Å². The van der Waals surface area contributed by atoms with E-state index in [1.807, 2.05) is 0 Å². The molecule has 0 heterocycles. The Kier molecular flexibility index (Phi) is 10.1. The van der Waals surface area contributed by atoms with Gasteiger partial charge in [0.25, 0.3) is 0 Å². The van der Waals surface area contributed by atoms with Crippen molar-refractivity contribution in [2.24, 2.45) is 11.7 Å². The molecule has 0 aliphatic rings. The summed E-state index contributed by atoms with van der Waals surface area (Å²) >= 11 is 1.58. The van der Waals surface area contributed by atoms with Gasteiger partial charge in [-0.1, -0.05) is 6.92 Å². The number of halogens is 1. The number of hydrogen-bond acceptors (Lipinski definition) is 3. The van der Waals surface area contributed by atoms with Crippen LogP contribution in [0.2, 0.25) is 0 Å². The minimum absolute atomic E-state index is 0. The first-order valence-corrected chi connectivity index (χ1v) is 4.34. The molecule has 0 aromatic heterocycles. The average molecular weight is 200 g/mol. The Morgan fingerprint density at radius 1 is 1.73 bits per heavy atom. The van der Waals surface area contributed by atoms with E-state index in [4.69, 9.17) is 10.8 Å². The smallest absolute Gasteiger partial charge is 0.307 e. The first kappa shape index (κ1) is 13.6. The minimum atomic E-state index is -0.732. The summed E-state index contributed by atoms with van der Waals surface area (Å²) in [7, 11) is 0. The Morgan fingerprint density at radius 3 is 2.64 bits per heavy atom. The van der Waals surface area contributed by atoms with Crippen molar-refractivity contribution in [2.45, 2.75) is 6.92 Å². The lowest BCUT2D eigenvalue weighted by Crippen LogP contribution is -2.13. The van der Waals surface area contributed by atoms with Gasteiger partial charge in [0.15, 0.2) is 0 Å². The lowest BCUT2D eigenvalue weighted by Gasteiger charge is -2.03. The number of carboxylic acids is 1. The van der Waals surface area contributed by atoms with Gasteiger partial charge in [0, 0.05) is 18.1 Å². The predicted octanol–water partition coefficient (Wildman–Crippen LogP) is 0.821. The molecule has 0 fully saturated rings. The number of thioether (sulfide) groups is 1. The highest BCUT2D eigenvalue weighted by Crippen LogP contribution is 2.06. The molecule has 0 aromatic rings. The van der Waals surface area contributed by atoms with E-state index >= 15 is 0 Å². The number of nitrogens with two attached hydrogens (primary N) is 1. The van der Waals surface area contributed by atoms with Crippen LogP contribution in [0.3, 0.4) is 0 Å². The lowest BCUT2D eigenvalue weighted by atomic mass is 10.2. The van der Waals surface area contributed by atoms with Gasteiger partial charge in [0.2, 0.25) is 0 Å². The van der Waals surface area contributed by atoms with Crippen LogP contribution in [-0.2, 0) is 4.79 Å². The van der Waals surface area contributed by atoms with Crippen LogP contribution in [0.15, 0.2) is 0 Å². The Bertz CT molecular complexity index is 113. The molecular formula is C6H14ClNO2S. The number of carboxylic acid groups (broad SMARTS) is 1. The highest BCUT2D eigenvalue weighted by molar-refractivity contribution is 7.99. The Balaban J connectivity index is 0. The van der Waals surface area contributed by atoms with Crippen molar-refractivity contribution in [3.05, 3.63) is 0 Å². The van der Waals surface area contributed by atoms with Gasteiger partial charge >= 0.3 is 5.97 Å². The standard InChI is InChI=1S/C6H13NO2S.ClH/c1-5(6(8)9)4-10-3-2-7;/h5H,2-4,7H2,1H3,(H,8,9);1H. The zero-order chi connectivity index (χ0) is 7.98. The van der Waals surface area contributed by atoms with Gasteiger partial charge in [-0.05, 0) is 0 Å². The first-order valence-electron chi connectivity index (χ1n) is 3.19. The zero-order valence-corrected chi connectivity index (χ0v) is 8.08. The molecule has 0 spiro atoms. The number of carbonyl (C=O) groups is 1. The Labute approximate surface area is 77.1 Å². The third-order valence-corrected chi connectivity index (χ3v) is 2.31. The van der Waals surface area contributed by atoms with Crippen molar-refractivity contribution in [3.8, 4) is 0 Å². The fourth-order valence-corrected chi connectivity index (χ4v) is 1.24. The average Bonchev–Trinajstić information content (AvgIpc) is 1.88. The van der Waals surface area contributed by atoms with Crippen LogP contribution in [0, 0.1) is 5.92 Å². The van der Waals surface area contributed by atoms with E-state index in [2.05, 4.69) is 0 Å². The molecule has 0 aliphatic heterocycles. The molecule has 0 aliphatic carbocycles. The maximum atomic E-state index is 10.2. The first-order chi connectivity index (χ1) is 4.68. The van der Waals surface area contributed by atoms with Crippen molar-refractivity contribution in [1.29, 1.82) is 0 Å². The third-order valence-electron chi connectivity index (χ3n) is 1.05. The largest absolute Gasteiger partial charge is 0.481 e. The summed E-state index contributed by atoms with van der Waals surface area (Å²) in [6.07, 6.45) is 0. The third kappa shape index (κ3) is 7.97. The van der Waals surface area contributed by atoms with Crippen molar-refractivity contribution < 1.29 is 9.90 Å². The van der Waals surface area contributed by atoms with Crippen LogP contribution < -0.4 is 5.73 Å². The molecule has 5 heteroatoms. The van der Waals surface area contributed by atoms with E-state index in [0.29, 0.717) is 12.3 Å². The second-order valence-electron chi connectivity index (χ2n) is 2.10. The van der Waals surface area contributed by atoms with Gasteiger partial charge in [-0.3, -0.25) is 4.79 Å². The van der Waals surface area contributed by atoms with Crippen LogP contribution in [-0.4, -0.2) is 29.1 Å². The van der Waals surface area contributed by atoms with Crippen LogP contribution in [0.4, 0.5) is 0 Å². The highest BCUT2D eigenvalue weighted by atomic mass is 35.5. The van der Waals surface area contributed by atoms with E-state index in [1.54, 1.807) is 18.7 Å². The summed E-state index contributed by atoms with van der Waals surface area (Å²) in [5, 5.41) is 8.44. The monoisotopic (exact) mass is 199 g/mol. The molecule has 11 heavy (non-hydrogen) atoms. The summed E-state index contributed by atoms with van der Waals surface area (Å²) in [6, 6.07) is 0. The molecule has 68 valence electrons. The fourth-order valence-electron chi connectivity index (χ4n) is 0.415. The number of hydrogen-bond donors (Lipinski definition) is 2. The van der Waals surface area contributed by atoms with Crippen LogP contribution >= 0.6 is 24.2 Å². The summed E-state index contributed by atoms with van der Waals surface area (Å²) < 4.78 is 0. The molecule has 0 aromatic carbocycles. The maximum absolute atomic E-state index is 10.2. The topological polar surface area (TPSA) is 63.3 Å². The molecule has 0 saturated carbocycles. The molecule has 1 unspecified atom stereocenters. The van der Waals surface area contributed by atoms with Crippen LogP contribution in [0.1, 0.15) is 6.92 Å². The van der Waals surface area contributed by atoms with Crippen LogP contribution in [0.25, 0.3) is 0 Å². The summed E-state index contributed by atoms with van der Waals surface area (Å²) in [5.74, 6) is 0.519. The van der Waals surface area contributed by atoms with Crippen molar-refractivity contribution in [1.82, 2.24) is 0 Å². The molecule has 3 N–H and O–H groups in total. The van der Waals surface area contributed by atoms with E-state index in [1.165, 1.54) is 0 Å². The van der Waals surface area contributed by atoms with E-state index in [-0.39, 0.29) is 18.3 Å². The van der Waals surface area contributed by atoms with Gasteiger partial charge in [-0.15, -0.1) is 12.4 Å². The summed E-state index contributed by atoms with van der Waals surface area (Å²) in [6.45, 7) is 2.32. The Morgan fingerprint density at radius 2 is 2.27 bits per heavy atom. The molecule has 1 atom stereocenters. The highest BCUT2D eigenvalue weighted by Gasteiger charge is 2.09.